The van der Waals surface area contributed by atoms with E-state index in [-0.39, 0.29) is 11.7 Å². The van der Waals surface area contributed by atoms with E-state index in [4.69, 9.17) is 12.2 Å². The van der Waals surface area contributed by atoms with Gasteiger partial charge in [-0.15, -0.1) is 0 Å². The molecule has 0 atom stereocenters. The minimum Gasteiger partial charge on any atom is -0.507 e. The van der Waals surface area contributed by atoms with Crippen LogP contribution in [0.2, 0.25) is 0 Å². The number of rotatable bonds is 6. The monoisotopic (exact) mass is 398 g/mol. The zero-order chi connectivity index (χ0) is 19.4. The standard InChI is InChI=1S/C21H22N2O2S2/c1-3-22(4-2)17-11-10-16(18(24)13-17)12-19-20(25)23(21(26)27-19)14-15-8-6-5-7-9-15/h5-13,24H,3-4,14H2,1-2H3. The second-order valence-corrected chi connectivity index (χ2v) is 7.84. The minimum atomic E-state index is -0.124. The topological polar surface area (TPSA) is 43.8 Å². The maximum atomic E-state index is 12.8. The summed E-state index contributed by atoms with van der Waals surface area (Å²) in [4.78, 5) is 17.0. The predicted molar refractivity (Wildman–Crippen MR) is 117 cm³/mol. The first-order valence-corrected chi connectivity index (χ1v) is 10.1. The third-order valence-corrected chi connectivity index (χ3v) is 5.86. The number of carbonyl (C=O) groups is 1. The molecule has 2 aromatic rings. The highest BCUT2D eigenvalue weighted by atomic mass is 32.2. The summed E-state index contributed by atoms with van der Waals surface area (Å²) < 4.78 is 0.536. The number of amides is 1. The number of nitrogens with zero attached hydrogens (tertiary/aromatic N) is 2. The summed E-state index contributed by atoms with van der Waals surface area (Å²) >= 11 is 6.66. The summed E-state index contributed by atoms with van der Waals surface area (Å²) in [7, 11) is 0. The molecular weight excluding hydrogens is 376 g/mol. The maximum absolute atomic E-state index is 12.8. The summed E-state index contributed by atoms with van der Waals surface area (Å²) in [5, 5.41) is 10.4. The van der Waals surface area contributed by atoms with Crippen LogP contribution in [-0.2, 0) is 11.3 Å². The Morgan fingerprint density at radius 1 is 1.15 bits per heavy atom. The molecule has 27 heavy (non-hydrogen) atoms. The molecule has 1 N–H and O–H groups in total. The average molecular weight is 399 g/mol. The van der Waals surface area contributed by atoms with Crippen molar-refractivity contribution in [1.82, 2.24) is 4.90 Å². The van der Waals surface area contributed by atoms with E-state index in [1.165, 1.54) is 11.8 Å². The Labute approximate surface area is 169 Å². The Hall–Kier alpha value is -2.31. The van der Waals surface area contributed by atoms with Gasteiger partial charge in [0.1, 0.15) is 10.1 Å². The number of thiocarbonyl (C=S) groups is 1. The Morgan fingerprint density at radius 2 is 1.85 bits per heavy atom. The second kappa shape index (κ2) is 8.59. The Bertz CT molecular complexity index is 877. The molecule has 0 spiro atoms. The van der Waals surface area contributed by atoms with Crippen molar-refractivity contribution in [3.8, 4) is 5.75 Å². The number of anilines is 1. The van der Waals surface area contributed by atoms with E-state index in [1.54, 1.807) is 17.0 Å². The molecular formula is C21H22N2O2S2. The second-order valence-electron chi connectivity index (χ2n) is 6.17. The molecule has 1 aliphatic rings. The summed E-state index contributed by atoms with van der Waals surface area (Å²) in [6.45, 7) is 6.34. The van der Waals surface area contributed by atoms with E-state index in [1.807, 2.05) is 42.5 Å². The molecule has 3 rings (SSSR count). The minimum absolute atomic E-state index is 0.124. The van der Waals surface area contributed by atoms with Crippen LogP contribution in [0.1, 0.15) is 25.0 Å². The van der Waals surface area contributed by atoms with Gasteiger partial charge in [-0.3, -0.25) is 9.69 Å². The van der Waals surface area contributed by atoms with Crippen LogP contribution in [0.25, 0.3) is 6.08 Å². The molecule has 0 bridgehead atoms. The smallest absolute Gasteiger partial charge is 0.266 e. The first-order chi connectivity index (χ1) is 13.0. The van der Waals surface area contributed by atoms with Crippen LogP contribution in [0.4, 0.5) is 5.69 Å². The van der Waals surface area contributed by atoms with Crippen LogP contribution in [0.3, 0.4) is 0 Å². The SMILES string of the molecule is CCN(CC)c1ccc(C=C2SC(=S)N(Cc3ccccc3)C2=O)c(O)c1. The van der Waals surface area contributed by atoms with Gasteiger partial charge in [-0.1, -0.05) is 54.3 Å². The van der Waals surface area contributed by atoms with Gasteiger partial charge in [0.2, 0.25) is 0 Å². The van der Waals surface area contributed by atoms with Gasteiger partial charge < -0.3 is 10.0 Å². The van der Waals surface area contributed by atoms with E-state index in [2.05, 4.69) is 18.7 Å². The molecule has 1 fully saturated rings. The third kappa shape index (κ3) is 4.34. The summed E-state index contributed by atoms with van der Waals surface area (Å²) in [5.41, 5.74) is 2.61. The first kappa shape index (κ1) is 19.5. The van der Waals surface area contributed by atoms with Gasteiger partial charge in [-0.05, 0) is 37.6 Å². The van der Waals surface area contributed by atoms with Crippen molar-refractivity contribution < 1.29 is 9.90 Å². The van der Waals surface area contributed by atoms with Crippen LogP contribution in [0.5, 0.6) is 5.75 Å². The number of phenolic OH excluding ortho intramolecular Hbond substituents is 1. The lowest BCUT2D eigenvalue weighted by Gasteiger charge is -2.21. The highest BCUT2D eigenvalue weighted by molar-refractivity contribution is 8.26. The highest BCUT2D eigenvalue weighted by Gasteiger charge is 2.32. The predicted octanol–water partition coefficient (Wildman–Crippen LogP) is 4.64. The average Bonchev–Trinajstić information content (AvgIpc) is 2.93. The molecule has 0 saturated carbocycles. The van der Waals surface area contributed by atoms with Crippen LogP contribution in [0, 0.1) is 0 Å². The van der Waals surface area contributed by atoms with E-state index < -0.39 is 0 Å². The van der Waals surface area contributed by atoms with Crippen LogP contribution in [0.15, 0.2) is 53.4 Å². The van der Waals surface area contributed by atoms with Crippen LogP contribution in [-0.4, -0.2) is 33.3 Å². The maximum Gasteiger partial charge on any atom is 0.266 e. The van der Waals surface area contributed by atoms with Crippen LogP contribution >= 0.6 is 24.0 Å². The zero-order valence-electron chi connectivity index (χ0n) is 15.4. The number of benzene rings is 2. The molecule has 4 nitrogen and oxygen atoms in total. The Morgan fingerprint density at radius 3 is 2.48 bits per heavy atom. The molecule has 1 heterocycles. The van der Waals surface area contributed by atoms with Crippen LogP contribution < -0.4 is 4.90 Å². The van der Waals surface area contributed by atoms with Gasteiger partial charge in [0.15, 0.2) is 0 Å². The van der Waals surface area contributed by atoms with Crippen molar-refractivity contribution >= 4 is 46.0 Å². The number of thioether (sulfide) groups is 1. The molecule has 0 radical (unpaired) electrons. The normalized spacial score (nSPS) is 15.6. The molecule has 140 valence electrons. The quantitative estimate of drug-likeness (QED) is 0.567. The van der Waals surface area contributed by atoms with E-state index in [9.17, 15) is 9.90 Å². The number of carbonyl (C=O) groups excluding carboxylic acids is 1. The molecule has 0 aromatic heterocycles. The molecule has 1 aliphatic heterocycles. The zero-order valence-corrected chi connectivity index (χ0v) is 17.0. The molecule has 6 heteroatoms. The largest absolute Gasteiger partial charge is 0.507 e. The van der Waals surface area contributed by atoms with Gasteiger partial charge in [0.05, 0.1) is 11.4 Å². The molecule has 0 aliphatic carbocycles. The molecule has 1 saturated heterocycles. The Kier molecular flexibility index (Phi) is 6.19. The van der Waals surface area contributed by atoms with Gasteiger partial charge in [-0.2, -0.15) is 0 Å². The van der Waals surface area contributed by atoms with E-state index in [0.29, 0.717) is 21.3 Å². The lowest BCUT2D eigenvalue weighted by molar-refractivity contribution is -0.122. The molecule has 0 unspecified atom stereocenters. The summed E-state index contributed by atoms with van der Waals surface area (Å²) in [6.07, 6.45) is 1.71. The van der Waals surface area contributed by atoms with E-state index >= 15 is 0 Å². The number of aromatic hydroxyl groups is 1. The molecule has 1 amide bonds. The Balaban J connectivity index is 1.81. The highest BCUT2D eigenvalue weighted by Crippen LogP contribution is 2.35. The van der Waals surface area contributed by atoms with Crippen molar-refractivity contribution in [2.24, 2.45) is 0 Å². The lowest BCUT2D eigenvalue weighted by atomic mass is 10.1. The van der Waals surface area contributed by atoms with E-state index in [0.717, 1.165) is 24.3 Å². The number of hydrogen-bond donors (Lipinski definition) is 1. The van der Waals surface area contributed by atoms with Gasteiger partial charge >= 0.3 is 0 Å². The first-order valence-electron chi connectivity index (χ1n) is 8.90. The fourth-order valence-electron chi connectivity index (χ4n) is 2.98. The van der Waals surface area contributed by atoms with Gasteiger partial charge in [-0.25, -0.2) is 0 Å². The van der Waals surface area contributed by atoms with Gasteiger partial charge in [0, 0.05) is 30.4 Å². The van der Waals surface area contributed by atoms with Crippen molar-refractivity contribution in [2.45, 2.75) is 20.4 Å². The fraction of sp³-hybridized carbons (Fsp3) is 0.238. The van der Waals surface area contributed by atoms with Gasteiger partial charge in [0.25, 0.3) is 5.91 Å². The lowest BCUT2D eigenvalue weighted by Crippen LogP contribution is -2.27. The van der Waals surface area contributed by atoms with Crippen molar-refractivity contribution in [1.29, 1.82) is 0 Å². The third-order valence-electron chi connectivity index (χ3n) is 4.49. The number of phenols is 1. The molecule has 2 aromatic carbocycles. The van der Waals surface area contributed by atoms with Crippen molar-refractivity contribution in [2.75, 3.05) is 18.0 Å². The fourth-order valence-corrected chi connectivity index (χ4v) is 4.23. The summed E-state index contributed by atoms with van der Waals surface area (Å²) in [6, 6.07) is 15.3. The van der Waals surface area contributed by atoms with Crippen molar-refractivity contribution in [3.63, 3.8) is 0 Å². The summed E-state index contributed by atoms with van der Waals surface area (Å²) in [5.74, 6) is 0.0359. The van der Waals surface area contributed by atoms with Crippen molar-refractivity contribution in [3.05, 3.63) is 64.6 Å². The number of hydrogen-bond acceptors (Lipinski definition) is 5.